The summed E-state index contributed by atoms with van der Waals surface area (Å²) in [6.07, 6.45) is 2.32. The minimum Gasteiger partial charge on any atom is -0.497 e. The first-order valence-corrected chi connectivity index (χ1v) is 7.71. The lowest BCUT2D eigenvalue weighted by atomic mass is 10.1. The van der Waals surface area contributed by atoms with E-state index in [-0.39, 0.29) is 11.9 Å². The third-order valence-electron chi connectivity index (χ3n) is 2.72. The number of ether oxygens (including phenoxy) is 1. The Morgan fingerprint density at radius 3 is 2.74 bits per heavy atom. The van der Waals surface area contributed by atoms with Crippen LogP contribution in [-0.2, 0) is 10.8 Å². The van der Waals surface area contributed by atoms with Crippen molar-refractivity contribution < 1.29 is 13.7 Å². The van der Waals surface area contributed by atoms with Gasteiger partial charge in [-0.2, -0.15) is 0 Å². The lowest BCUT2D eigenvalue weighted by molar-refractivity contribution is 0.0940. The first kappa shape index (κ1) is 15.5. The number of carbonyl (C=O) groups excluding carboxylic acids is 1. The van der Waals surface area contributed by atoms with Crippen molar-refractivity contribution in [3.05, 3.63) is 23.8 Å². The molecule has 0 aliphatic heterocycles. The highest BCUT2D eigenvalue weighted by atomic mass is 32.2. The molecule has 106 valence electrons. The van der Waals surface area contributed by atoms with Crippen LogP contribution in [0.2, 0.25) is 0 Å². The second-order valence-electron chi connectivity index (χ2n) is 4.39. The van der Waals surface area contributed by atoms with Gasteiger partial charge in [0.1, 0.15) is 5.75 Å². The molecular weight excluding hydrogens is 264 g/mol. The summed E-state index contributed by atoms with van der Waals surface area (Å²) in [7, 11) is 0.696. The molecule has 1 rings (SSSR count). The van der Waals surface area contributed by atoms with Crippen molar-refractivity contribution in [2.45, 2.75) is 19.4 Å². The molecule has 0 saturated carbocycles. The van der Waals surface area contributed by atoms with Crippen molar-refractivity contribution in [2.75, 3.05) is 24.9 Å². The molecule has 0 saturated heterocycles. The van der Waals surface area contributed by atoms with E-state index >= 15 is 0 Å². The number of anilines is 1. The lowest BCUT2D eigenvalue weighted by Crippen LogP contribution is -2.33. The number of nitrogens with two attached hydrogens (primary N) is 1. The largest absolute Gasteiger partial charge is 0.497 e. The Labute approximate surface area is 116 Å². The fourth-order valence-electron chi connectivity index (χ4n) is 1.59. The Morgan fingerprint density at radius 1 is 1.53 bits per heavy atom. The van der Waals surface area contributed by atoms with Crippen molar-refractivity contribution in [2.24, 2.45) is 0 Å². The van der Waals surface area contributed by atoms with Gasteiger partial charge in [-0.3, -0.25) is 9.00 Å². The van der Waals surface area contributed by atoms with Gasteiger partial charge < -0.3 is 15.8 Å². The Hall–Kier alpha value is -1.56. The molecule has 2 unspecified atom stereocenters. The van der Waals surface area contributed by atoms with Crippen molar-refractivity contribution >= 4 is 22.4 Å². The van der Waals surface area contributed by atoms with Crippen LogP contribution in [0.25, 0.3) is 0 Å². The van der Waals surface area contributed by atoms with Gasteiger partial charge in [-0.15, -0.1) is 0 Å². The summed E-state index contributed by atoms with van der Waals surface area (Å²) in [5.41, 5.74) is 6.61. The van der Waals surface area contributed by atoms with Gasteiger partial charge in [-0.25, -0.2) is 0 Å². The molecule has 0 spiro atoms. The smallest absolute Gasteiger partial charge is 0.253 e. The van der Waals surface area contributed by atoms with Crippen LogP contribution in [0.4, 0.5) is 5.69 Å². The molecule has 0 aliphatic carbocycles. The van der Waals surface area contributed by atoms with Gasteiger partial charge in [0, 0.05) is 40.6 Å². The molecule has 0 radical (unpaired) electrons. The number of nitrogen functional groups attached to an aromatic ring is 1. The predicted octanol–water partition coefficient (Wildman–Crippen LogP) is 1.16. The maximum Gasteiger partial charge on any atom is 0.253 e. The fraction of sp³-hybridized carbons (Fsp3) is 0.462. The zero-order valence-corrected chi connectivity index (χ0v) is 12.3. The number of carbonyl (C=O) groups is 1. The molecule has 5 nitrogen and oxygen atoms in total. The normalized spacial score (nSPS) is 13.6. The number of methoxy groups -OCH3 is 1. The minimum absolute atomic E-state index is 0.0436. The van der Waals surface area contributed by atoms with Crippen LogP contribution in [0, 0.1) is 0 Å². The average Bonchev–Trinajstić information content (AvgIpc) is 2.35. The van der Waals surface area contributed by atoms with Crippen LogP contribution in [0.1, 0.15) is 23.7 Å². The molecule has 0 aromatic heterocycles. The molecule has 3 N–H and O–H groups in total. The number of hydrogen-bond acceptors (Lipinski definition) is 4. The molecule has 6 heteroatoms. The van der Waals surface area contributed by atoms with Crippen LogP contribution in [0.5, 0.6) is 5.75 Å². The van der Waals surface area contributed by atoms with Gasteiger partial charge in [0.05, 0.1) is 12.7 Å². The zero-order valence-electron chi connectivity index (χ0n) is 11.4. The van der Waals surface area contributed by atoms with E-state index in [2.05, 4.69) is 5.32 Å². The van der Waals surface area contributed by atoms with Crippen molar-refractivity contribution in [3.63, 3.8) is 0 Å². The molecule has 19 heavy (non-hydrogen) atoms. The highest BCUT2D eigenvalue weighted by molar-refractivity contribution is 7.84. The second-order valence-corrected chi connectivity index (χ2v) is 5.95. The third-order valence-corrected chi connectivity index (χ3v) is 3.53. The molecule has 1 amide bonds. The molecule has 2 atom stereocenters. The maximum absolute atomic E-state index is 12.0. The summed E-state index contributed by atoms with van der Waals surface area (Å²) in [6, 6.07) is 4.89. The quantitative estimate of drug-likeness (QED) is 0.768. The van der Waals surface area contributed by atoms with Gasteiger partial charge in [-0.1, -0.05) is 0 Å². The Kier molecular flexibility index (Phi) is 5.82. The monoisotopic (exact) mass is 284 g/mol. The van der Waals surface area contributed by atoms with E-state index in [9.17, 15) is 9.00 Å². The minimum atomic E-state index is -0.847. The molecular formula is C13H20N2O3S. The van der Waals surface area contributed by atoms with Gasteiger partial charge in [0.25, 0.3) is 5.91 Å². The first-order valence-electron chi connectivity index (χ1n) is 5.98. The second kappa shape index (κ2) is 7.13. The Bertz CT molecular complexity index is 477. The summed E-state index contributed by atoms with van der Waals surface area (Å²) in [6.45, 7) is 1.88. The van der Waals surface area contributed by atoms with Crippen molar-refractivity contribution in [1.82, 2.24) is 5.32 Å². The first-order chi connectivity index (χ1) is 8.93. The van der Waals surface area contributed by atoms with Gasteiger partial charge >= 0.3 is 0 Å². The van der Waals surface area contributed by atoms with Crippen molar-refractivity contribution in [3.8, 4) is 5.75 Å². The third kappa shape index (κ3) is 4.90. The number of amides is 1. The highest BCUT2D eigenvalue weighted by Crippen LogP contribution is 2.19. The Morgan fingerprint density at radius 2 is 2.21 bits per heavy atom. The van der Waals surface area contributed by atoms with Gasteiger partial charge in [0.2, 0.25) is 0 Å². The number of rotatable bonds is 6. The van der Waals surface area contributed by atoms with E-state index in [1.807, 2.05) is 6.92 Å². The molecule has 0 fully saturated rings. The molecule has 0 aliphatic rings. The molecule has 0 heterocycles. The van der Waals surface area contributed by atoms with E-state index in [1.54, 1.807) is 31.6 Å². The number of hydrogen-bond donors (Lipinski definition) is 2. The van der Waals surface area contributed by atoms with E-state index in [1.165, 1.54) is 0 Å². The van der Waals surface area contributed by atoms with E-state index in [0.29, 0.717) is 29.2 Å². The standard InChI is InChI=1S/C13H20N2O3S/c1-9(6-7-19(3)17)15-13(16)11-5-4-10(18-2)8-12(11)14/h4-5,8-9H,6-7,14H2,1-3H3,(H,15,16). The van der Waals surface area contributed by atoms with Crippen LogP contribution < -0.4 is 15.8 Å². The van der Waals surface area contributed by atoms with Crippen molar-refractivity contribution in [1.29, 1.82) is 0 Å². The number of nitrogens with one attached hydrogen (secondary N) is 1. The summed E-state index contributed by atoms with van der Waals surface area (Å²) in [5, 5.41) is 2.84. The molecule has 0 bridgehead atoms. The fourth-order valence-corrected chi connectivity index (χ4v) is 2.28. The average molecular weight is 284 g/mol. The highest BCUT2D eigenvalue weighted by Gasteiger charge is 2.13. The maximum atomic E-state index is 12.0. The molecule has 1 aromatic carbocycles. The topological polar surface area (TPSA) is 81.4 Å². The summed E-state index contributed by atoms with van der Waals surface area (Å²) in [4.78, 5) is 12.0. The van der Waals surface area contributed by atoms with Crippen LogP contribution in [0.3, 0.4) is 0 Å². The predicted molar refractivity (Wildman–Crippen MR) is 77.9 cm³/mol. The van der Waals surface area contributed by atoms with Crippen LogP contribution >= 0.6 is 0 Å². The Balaban J connectivity index is 2.65. The van der Waals surface area contributed by atoms with E-state index < -0.39 is 10.8 Å². The number of benzene rings is 1. The SMILES string of the molecule is COc1ccc(C(=O)NC(C)CCS(C)=O)c(N)c1. The van der Waals surface area contributed by atoms with Crippen LogP contribution in [0.15, 0.2) is 18.2 Å². The summed E-state index contributed by atoms with van der Waals surface area (Å²) < 4.78 is 16.0. The van der Waals surface area contributed by atoms with E-state index in [0.717, 1.165) is 0 Å². The zero-order chi connectivity index (χ0) is 14.4. The van der Waals surface area contributed by atoms with Gasteiger partial charge in [-0.05, 0) is 25.5 Å². The lowest BCUT2D eigenvalue weighted by Gasteiger charge is -2.14. The van der Waals surface area contributed by atoms with E-state index in [4.69, 9.17) is 10.5 Å². The summed E-state index contributed by atoms with van der Waals surface area (Å²) in [5.74, 6) is 0.956. The summed E-state index contributed by atoms with van der Waals surface area (Å²) >= 11 is 0. The van der Waals surface area contributed by atoms with Crippen LogP contribution in [-0.4, -0.2) is 35.3 Å². The molecule has 1 aromatic rings. The van der Waals surface area contributed by atoms with Gasteiger partial charge in [0.15, 0.2) is 0 Å².